The predicted molar refractivity (Wildman–Crippen MR) is 70.6 cm³/mol. The number of nitrogens with two attached hydrogens (primary N) is 1. The van der Waals surface area contributed by atoms with Crippen LogP contribution in [0.3, 0.4) is 0 Å². The summed E-state index contributed by atoms with van der Waals surface area (Å²) in [5.74, 6) is 0. The van der Waals surface area contributed by atoms with E-state index in [1.807, 2.05) is 6.07 Å². The molecule has 1 aromatic carbocycles. The van der Waals surface area contributed by atoms with Crippen molar-refractivity contribution in [2.75, 3.05) is 12.0 Å². The molecule has 14 heavy (non-hydrogen) atoms. The third-order valence-corrected chi connectivity index (χ3v) is 4.74. The fraction of sp³-hybridized carbons (Fsp3) is 0.200. The molecule has 0 spiro atoms. The molecule has 0 atom stereocenters. The van der Waals surface area contributed by atoms with Crippen LogP contribution in [0.25, 0.3) is 10.1 Å². The molecule has 2 rings (SSSR count). The highest BCUT2D eigenvalue weighted by molar-refractivity contribution is 9.08. The highest BCUT2D eigenvalue weighted by Gasteiger charge is 2.09. The molecule has 0 saturated heterocycles. The Hall–Kier alpha value is -0.190. The molecule has 0 unspecified atom stereocenters. The number of alkyl halides is 1. The van der Waals surface area contributed by atoms with Crippen LogP contribution in [0, 0.1) is 0 Å². The van der Waals surface area contributed by atoms with Gasteiger partial charge in [0.25, 0.3) is 0 Å². The van der Waals surface area contributed by atoms with E-state index in [9.17, 15) is 0 Å². The lowest BCUT2D eigenvalue weighted by Gasteiger charge is -2.02. The van der Waals surface area contributed by atoms with E-state index in [2.05, 4.69) is 33.6 Å². The number of anilines is 1. The van der Waals surface area contributed by atoms with Crippen molar-refractivity contribution in [2.24, 2.45) is 0 Å². The minimum atomic E-state index is 0.885. The summed E-state index contributed by atoms with van der Waals surface area (Å²) in [6.07, 6.45) is 2.09. The number of nitrogen functional groups attached to an aromatic ring is 1. The van der Waals surface area contributed by atoms with E-state index in [-0.39, 0.29) is 0 Å². The van der Waals surface area contributed by atoms with Gasteiger partial charge < -0.3 is 5.73 Å². The Morgan fingerprint density at radius 3 is 2.93 bits per heavy atom. The number of benzene rings is 1. The summed E-state index contributed by atoms with van der Waals surface area (Å²) >= 11 is 7.02. The van der Waals surface area contributed by atoms with Crippen molar-refractivity contribution >= 4 is 54.8 Å². The second-order valence-corrected chi connectivity index (χ2v) is 5.24. The van der Waals surface area contributed by atoms with Crippen LogP contribution in [0.1, 0.15) is 5.56 Å². The second-order valence-electron chi connectivity index (χ2n) is 2.96. The molecule has 4 heteroatoms. The summed E-state index contributed by atoms with van der Waals surface area (Å²) in [5, 5.41) is 4.29. The van der Waals surface area contributed by atoms with Crippen molar-refractivity contribution in [1.29, 1.82) is 0 Å². The average molecular weight is 288 g/mol. The summed E-state index contributed by atoms with van der Waals surface area (Å²) < 4.78 is 1.31. The van der Waals surface area contributed by atoms with Gasteiger partial charge in [0.1, 0.15) is 0 Å². The van der Waals surface area contributed by atoms with Gasteiger partial charge in [-0.3, -0.25) is 0 Å². The first-order chi connectivity index (χ1) is 6.77. The Labute approximate surface area is 99.8 Å². The maximum Gasteiger partial charge on any atom is 0.0415 e. The molecule has 0 aliphatic rings. The number of rotatable bonds is 2. The van der Waals surface area contributed by atoms with Crippen LogP contribution < -0.4 is 5.73 Å². The van der Waals surface area contributed by atoms with Crippen LogP contribution in [0.2, 0.25) is 0 Å². The Kier molecular flexibility index (Phi) is 3.04. The van der Waals surface area contributed by atoms with Crippen molar-refractivity contribution in [3.63, 3.8) is 0 Å². The standard InChI is InChI=1S/C10H10BrNS2/c1-13-8-5-14-10-6(4-11)2-3-7(12)9(8)10/h2-3,5H,4,12H2,1H3. The molecule has 0 aliphatic carbocycles. The van der Waals surface area contributed by atoms with Crippen LogP contribution in [-0.4, -0.2) is 6.26 Å². The molecule has 2 N–H and O–H groups in total. The van der Waals surface area contributed by atoms with Gasteiger partial charge in [0, 0.05) is 31.4 Å². The monoisotopic (exact) mass is 287 g/mol. The number of halogens is 1. The van der Waals surface area contributed by atoms with Gasteiger partial charge in [0.15, 0.2) is 0 Å². The van der Waals surface area contributed by atoms with Gasteiger partial charge in [-0.1, -0.05) is 22.0 Å². The molecular formula is C10H10BrNS2. The summed E-state index contributed by atoms with van der Waals surface area (Å²) in [4.78, 5) is 1.28. The molecule has 0 amide bonds. The quantitative estimate of drug-likeness (QED) is 0.511. The van der Waals surface area contributed by atoms with E-state index in [1.54, 1.807) is 23.1 Å². The first-order valence-corrected chi connectivity index (χ1v) is 7.39. The molecule has 0 radical (unpaired) electrons. The van der Waals surface area contributed by atoms with Crippen molar-refractivity contribution in [3.05, 3.63) is 23.1 Å². The molecular weight excluding hydrogens is 278 g/mol. The van der Waals surface area contributed by atoms with Crippen molar-refractivity contribution in [1.82, 2.24) is 0 Å². The van der Waals surface area contributed by atoms with Crippen LogP contribution in [0.15, 0.2) is 22.4 Å². The SMILES string of the molecule is CSc1csc2c(CBr)ccc(N)c12. The summed E-state index contributed by atoms with van der Waals surface area (Å²) in [7, 11) is 0. The highest BCUT2D eigenvalue weighted by atomic mass is 79.9. The van der Waals surface area contributed by atoms with Gasteiger partial charge in [0.05, 0.1) is 0 Å². The van der Waals surface area contributed by atoms with E-state index < -0.39 is 0 Å². The number of hydrogen-bond acceptors (Lipinski definition) is 3. The Morgan fingerprint density at radius 1 is 1.50 bits per heavy atom. The van der Waals surface area contributed by atoms with E-state index in [4.69, 9.17) is 5.73 Å². The Morgan fingerprint density at radius 2 is 2.29 bits per heavy atom. The lowest BCUT2D eigenvalue weighted by molar-refractivity contribution is 1.50. The Bertz CT molecular complexity index is 464. The average Bonchev–Trinajstić information content (AvgIpc) is 2.63. The van der Waals surface area contributed by atoms with E-state index in [0.717, 1.165) is 11.0 Å². The zero-order valence-corrected chi connectivity index (χ0v) is 10.9. The highest BCUT2D eigenvalue weighted by Crippen LogP contribution is 2.38. The van der Waals surface area contributed by atoms with Gasteiger partial charge in [-0.25, -0.2) is 0 Å². The van der Waals surface area contributed by atoms with Gasteiger partial charge in [-0.2, -0.15) is 0 Å². The fourth-order valence-corrected chi connectivity index (χ4v) is 4.11. The maximum atomic E-state index is 5.98. The molecule has 1 nitrogen and oxygen atoms in total. The van der Waals surface area contributed by atoms with Crippen LogP contribution in [-0.2, 0) is 5.33 Å². The molecule has 74 valence electrons. The van der Waals surface area contributed by atoms with Gasteiger partial charge in [0.2, 0.25) is 0 Å². The molecule has 0 saturated carbocycles. The molecule has 2 aromatic rings. The molecule has 1 aromatic heterocycles. The number of thioether (sulfide) groups is 1. The molecule has 0 bridgehead atoms. The van der Waals surface area contributed by atoms with Crippen molar-refractivity contribution in [2.45, 2.75) is 10.2 Å². The molecule has 0 fully saturated rings. The number of fused-ring (bicyclic) bond motifs is 1. The molecule has 0 aliphatic heterocycles. The first kappa shape index (κ1) is 10.3. The van der Waals surface area contributed by atoms with E-state index in [1.165, 1.54) is 20.5 Å². The van der Waals surface area contributed by atoms with Gasteiger partial charge in [-0.05, 0) is 17.9 Å². The van der Waals surface area contributed by atoms with Crippen LogP contribution in [0.4, 0.5) is 5.69 Å². The Balaban J connectivity index is 2.80. The van der Waals surface area contributed by atoms with Gasteiger partial charge >= 0.3 is 0 Å². The third kappa shape index (κ3) is 1.55. The predicted octanol–water partition coefficient (Wildman–Crippen LogP) is 4.10. The number of thiophene rings is 1. The largest absolute Gasteiger partial charge is 0.398 e. The third-order valence-electron chi connectivity index (χ3n) is 2.17. The zero-order chi connectivity index (χ0) is 10.1. The minimum absolute atomic E-state index is 0.885. The van der Waals surface area contributed by atoms with E-state index in [0.29, 0.717) is 0 Å². The van der Waals surface area contributed by atoms with E-state index >= 15 is 0 Å². The minimum Gasteiger partial charge on any atom is -0.398 e. The van der Waals surface area contributed by atoms with Crippen molar-refractivity contribution in [3.8, 4) is 0 Å². The van der Waals surface area contributed by atoms with Crippen LogP contribution >= 0.6 is 39.0 Å². The fourth-order valence-electron chi connectivity index (χ4n) is 1.46. The van der Waals surface area contributed by atoms with Gasteiger partial charge in [-0.15, -0.1) is 23.1 Å². The first-order valence-electron chi connectivity index (χ1n) is 4.16. The lowest BCUT2D eigenvalue weighted by Crippen LogP contribution is -1.87. The number of hydrogen-bond donors (Lipinski definition) is 1. The smallest absolute Gasteiger partial charge is 0.0415 e. The summed E-state index contributed by atoms with van der Waals surface area (Å²) in [6.45, 7) is 0. The lowest BCUT2D eigenvalue weighted by atomic mass is 10.1. The zero-order valence-electron chi connectivity index (χ0n) is 7.71. The summed E-state index contributed by atoms with van der Waals surface area (Å²) in [5.41, 5.74) is 8.18. The molecule has 1 heterocycles. The second kappa shape index (κ2) is 4.13. The topological polar surface area (TPSA) is 26.0 Å². The maximum absolute atomic E-state index is 5.98. The normalized spacial score (nSPS) is 11.0. The summed E-state index contributed by atoms with van der Waals surface area (Å²) in [6, 6.07) is 4.08. The van der Waals surface area contributed by atoms with Crippen LogP contribution in [0.5, 0.6) is 0 Å². The van der Waals surface area contributed by atoms with Crippen molar-refractivity contribution < 1.29 is 0 Å².